The van der Waals surface area contributed by atoms with Gasteiger partial charge >= 0.3 is 6.18 Å². The summed E-state index contributed by atoms with van der Waals surface area (Å²) in [6, 6.07) is 7.12. The summed E-state index contributed by atoms with van der Waals surface area (Å²) in [5.74, 6) is -0.0187. The second-order valence-corrected chi connectivity index (χ2v) is 8.67. The molecule has 34 heavy (non-hydrogen) atoms. The highest BCUT2D eigenvalue weighted by atomic mass is 19.4. The molecule has 0 unspecified atom stereocenters. The lowest BCUT2D eigenvalue weighted by Crippen LogP contribution is -2.26. The molecule has 182 valence electrons. The Kier molecular flexibility index (Phi) is 8.09. The highest BCUT2D eigenvalue weighted by molar-refractivity contribution is 5.94. The van der Waals surface area contributed by atoms with Crippen LogP contribution in [0.4, 0.5) is 13.2 Å². The molecular formula is C25H30F3N5O. The maximum Gasteiger partial charge on any atom is 0.416 e. The van der Waals surface area contributed by atoms with E-state index >= 15 is 0 Å². The number of aromatic nitrogens is 1. The van der Waals surface area contributed by atoms with Gasteiger partial charge < -0.3 is 10.2 Å². The average molecular weight is 474 g/mol. The van der Waals surface area contributed by atoms with E-state index < -0.39 is 11.7 Å². The normalized spacial score (nSPS) is 16.5. The Morgan fingerprint density at radius 2 is 2.03 bits per heavy atom. The van der Waals surface area contributed by atoms with Crippen molar-refractivity contribution < 1.29 is 18.0 Å². The zero-order valence-electron chi connectivity index (χ0n) is 19.8. The number of nitrogens with zero attached hydrogens (tertiary/aromatic N) is 4. The third-order valence-electron chi connectivity index (χ3n) is 5.59. The molecule has 0 fully saturated rings. The van der Waals surface area contributed by atoms with Crippen LogP contribution in [0, 0.1) is 5.92 Å². The standard InChI is InChI=1S/C25H30F3N5O/c1-5-10-32(4)16-29-15-31-24(34)19-11-20-14-33(23(17(2)3)22(20)30-12-19)13-18-6-8-21(9-7-18)25(26,27)28/h5-12,16-17,23H,13-15H2,1-4H3,(H,31,34)/b10-5-,29-16?/t23-/m0/s1. The van der Waals surface area contributed by atoms with Crippen molar-refractivity contribution in [3.05, 3.63) is 76.8 Å². The first-order chi connectivity index (χ1) is 16.1. The Morgan fingerprint density at radius 1 is 1.32 bits per heavy atom. The zero-order valence-corrected chi connectivity index (χ0v) is 19.8. The van der Waals surface area contributed by atoms with Crippen LogP contribution in [0.25, 0.3) is 0 Å². The van der Waals surface area contributed by atoms with Crippen LogP contribution in [0.3, 0.4) is 0 Å². The third kappa shape index (κ3) is 6.22. The number of carbonyl (C=O) groups excluding carboxylic acids is 1. The van der Waals surface area contributed by atoms with Gasteiger partial charge in [-0.1, -0.05) is 32.1 Å². The van der Waals surface area contributed by atoms with Crippen LogP contribution in [-0.2, 0) is 19.3 Å². The first-order valence-electron chi connectivity index (χ1n) is 11.1. The number of alkyl halides is 3. The first kappa shape index (κ1) is 25.4. The molecule has 0 saturated heterocycles. The molecule has 2 aromatic rings. The molecule has 1 aliphatic rings. The summed E-state index contributed by atoms with van der Waals surface area (Å²) in [4.78, 5) is 25.3. The number of amides is 1. The Labute approximate surface area is 198 Å². The lowest BCUT2D eigenvalue weighted by Gasteiger charge is -2.27. The average Bonchev–Trinajstić information content (AvgIpc) is 3.13. The summed E-state index contributed by atoms with van der Waals surface area (Å²) in [5.41, 5.74) is 2.45. The molecule has 0 saturated carbocycles. The number of hydrogen-bond donors (Lipinski definition) is 1. The Hall–Kier alpha value is -3.20. The van der Waals surface area contributed by atoms with Gasteiger partial charge in [0.25, 0.3) is 5.91 Å². The highest BCUT2D eigenvalue weighted by Crippen LogP contribution is 2.39. The fourth-order valence-corrected chi connectivity index (χ4v) is 4.12. The van der Waals surface area contributed by atoms with Gasteiger partial charge in [0.05, 0.1) is 29.2 Å². The Bertz CT molecular complexity index is 1050. The zero-order chi connectivity index (χ0) is 24.9. The van der Waals surface area contributed by atoms with E-state index in [1.807, 2.05) is 32.3 Å². The smallest absolute Gasteiger partial charge is 0.343 e. The Balaban J connectivity index is 1.69. The number of aliphatic imine (C=N–C) groups is 1. The number of hydrogen-bond acceptors (Lipinski definition) is 4. The van der Waals surface area contributed by atoms with Crippen molar-refractivity contribution in [1.82, 2.24) is 20.1 Å². The lowest BCUT2D eigenvalue weighted by atomic mass is 9.99. The van der Waals surface area contributed by atoms with Crippen LogP contribution in [0.1, 0.15) is 59.6 Å². The second-order valence-electron chi connectivity index (χ2n) is 8.67. The van der Waals surface area contributed by atoms with Crippen LogP contribution in [0.2, 0.25) is 0 Å². The van der Waals surface area contributed by atoms with Gasteiger partial charge in [-0.25, -0.2) is 0 Å². The largest absolute Gasteiger partial charge is 0.416 e. The van der Waals surface area contributed by atoms with Crippen molar-refractivity contribution in [2.75, 3.05) is 13.7 Å². The van der Waals surface area contributed by atoms with Gasteiger partial charge in [0.1, 0.15) is 6.67 Å². The quantitative estimate of drug-likeness (QED) is 0.433. The predicted molar refractivity (Wildman–Crippen MR) is 126 cm³/mol. The Morgan fingerprint density at radius 3 is 2.65 bits per heavy atom. The van der Waals surface area contributed by atoms with Gasteiger partial charge in [-0.05, 0) is 42.2 Å². The van der Waals surface area contributed by atoms with E-state index in [1.54, 1.807) is 17.4 Å². The number of benzene rings is 1. The fraction of sp³-hybridized carbons (Fsp3) is 0.400. The minimum atomic E-state index is -4.35. The molecule has 0 radical (unpaired) electrons. The van der Waals surface area contributed by atoms with E-state index in [0.717, 1.165) is 29.0 Å². The van der Waals surface area contributed by atoms with Crippen LogP contribution >= 0.6 is 0 Å². The van der Waals surface area contributed by atoms with Crippen molar-refractivity contribution in [2.24, 2.45) is 10.9 Å². The van der Waals surface area contributed by atoms with Crippen molar-refractivity contribution in [3.8, 4) is 0 Å². The van der Waals surface area contributed by atoms with Crippen molar-refractivity contribution in [3.63, 3.8) is 0 Å². The molecule has 3 rings (SSSR count). The SMILES string of the molecule is C/C=C\N(C)C=NCNC(=O)c1cnc2c(c1)CN(Cc1ccc(C(F)(F)F)cc1)[C@H]2C(C)C. The van der Waals surface area contributed by atoms with E-state index in [-0.39, 0.29) is 24.5 Å². The summed E-state index contributed by atoms with van der Waals surface area (Å²) >= 11 is 0. The van der Waals surface area contributed by atoms with Crippen LogP contribution in [0.15, 0.2) is 53.8 Å². The maximum absolute atomic E-state index is 12.9. The minimum absolute atomic E-state index is 0.0150. The van der Waals surface area contributed by atoms with E-state index in [0.29, 0.717) is 18.7 Å². The molecule has 2 heterocycles. The summed E-state index contributed by atoms with van der Waals surface area (Å²) in [7, 11) is 1.84. The van der Waals surface area contributed by atoms with E-state index in [9.17, 15) is 18.0 Å². The topological polar surface area (TPSA) is 60.8 Å². The number of halogens is 3. The van der Waals surface area contributed by atoms with Crippen LogP contribution in [-0.4, -0.2) is 40.7 Å². The van der Waals surface area contributed by atoms with Gasteiger partial charge in [0.15, 0.2) is 0 Å². The number of rotatable bonds is 8. The molecule has 0 bridgehead atoms. The molecule has 1 atom stereocenters. The summed E-state index contributed by atoms with van der Waals surface area (Å²) < 4.78 is 38.6. The maximum atomic E-state index is 12.9. The van der Waals surface area contributed by atoms with E-state index in [1.165, 1.54) is 12.1 Å². The van der Waals surface area contributed by atoms with E-state index in [4.69, 9.17) is 0 Å². The van der Waals surface area contributed by atoms with Gasteiger partial charge in [-0.2, -0.15) is 13.2 Å². The first-order valence-corrected chi connectivity index (χ1v) is 11.1. The summed E-state index contributed by atoms with van der Waals surface area (Å²) in [5, 5.41) is 2.76. The third-order valence-corrected chi connectivity index (χ3v) is 5.59. The number of pyridine rings is 1. The number of carbonyl (C=O) groups is 1. The molecule has 1 amide bonds. The molecule has 1 aliphatic heterocycles. The highest BCUT2D eigenvalue weighted by Gasteiger charge is 2.35. The molecule has 6 nitrogen and oxygen atoms in total. The van der Waals surface area contributed by atoms with Gasteiger partial charge in [0, 0.05) is 32.5 Å². The fourth-order valence-electron chi connectivity index (χ4n) is 4.12. The number of fused-ring (bicyclic) bond motifs is 1. The van der Waals surface area contributed by atoms with Crippen LogP contribution in [0.5, 0.6) is 0 Å². The number of allylic oxidation sites excluding steroid dienone is 1. The lowest BCUT2D eigenvalue weighted by molar-refractivity contribution is -0.137. The monoisotopic (exact) mass is 473 g/mol. The summed E-state index contributed by atoms with van der Waals surface area (Å²) in [6.07, 6.45) is 2.56. The van der Waals surface area contributed by atoms with Gasteiger partial charge in [-0.3, -0.25) is 19.7 Å². The van der Waals surface area contributed by atoms with Crippen LogP contribution < -0.4 is 5.32 Å². The minimum Gasteiger partial charge on any atom is -0.343 e. The van der Waals surface area contributed by atoms with E-state index in [2.05, 4.69) is 34.0 Å². The molecule has 1 aromatic carbocycles. The summed E-state index contributed by atoms with van der Waals surface area (Å²) in [6.45, 7) is 7.29. The van der Waals surface area contributed by atoms with Crippen molar-refractivity contribution >= 4 is 12.2 Å². The van der Waals surface area contributed by atoms with Gasteiger partial charge in [-0.15, -0.1) is 0 Å². The second kappa shape index (κ2) is 10.8. The van der Waals surface area contributed by atoms with Gasteiger partial charge in [0.2, 0.25) is 0 Å². The molecule has 0 aliphatic carbocycles. The molecular weight excluding hydrogens is 443 g/mol. The molecule has 0 spiro atoms. The molecule has 1 aromatic heterocycles. The molecule has 9 heteroatoms. The number of nitrogens with one attached hydrogen (secondary N) is 1. The van der Waals surface area contributed by atoms with Crippen molar-refractivity contribution in [1.29, 1.82) is 0 Å². The predicted octanol–water partition coefficient (Wildman–Crippen LogP) is 4.99. The van der Waals surface area contributed by atoms with Crippen molar-refractivity contribution in [2.45, 2.75) is 46.1 Å². The molecule has 1 N–H and O–H groups in total.